The lowest BCUT2D eigenvalue weighted by molar-refractivity contribution is -0.386. The van der Waals surface area contributed by atoms with E-state index >= 15 is 0 Å². The summed E-state index contributed by atoms with van der Waals surface area (Å²) in [5.74, 6) is 0.455. The number of anilines is 2. The predicted octanol–water partition coefficient (Wildman–Crippen LogP) is 4.58. The fourth-order valence-electron chi connectivity index (χ4n) is 3.21. The molecule has 150 valence electrons. The second-order valence-corrected chi connectivity index (χ2v) is 6.60. The van der Waals surface area contributed by atoms with Crippen molar-refractivity contribution in [3.8, 4) is 5.75 Å². The Hall–Kier alpha value is -2.97. The molecule has 28 heavy (non-hydrogen) atoms. The minimum absolute atomic E-state index is 0.426. The Morgan fingerprint density at radius 2 is 1.93 bits per heavy atom. The molecule has 0 saturated carbocycles. The highest BCUT2D eigenvalue weighted by Gasteiger charge is 2.19. The van der Waals surface area contributed by atoms with E-state index in [0.29, 0.717) is 12.2 Å². The third kappa shape index (κ3) is 5.28. The highest BCUT2D eigenvalue weighted by molar-refractivity contribution is 5.58. The smallest absolute Gasteiger partial charge is 0.387 e. The van der Waals surface area contributed by atoms with Gasteiger partial charge in [0.25, 0.3) is 0 Å². The van der Waals surface area contributed by atoms with Crippen molar-refractivity contribution in [2.45, 2.75) is 38.8 Å². The summed E-state index contributed by atoms with van der Waals surface area (Å²) in [5.41, 5.74) is 0.927. The molecular formula is C19H22F2N4O3. The summed E-state index contributed by atoms with van der Waals surface area (Å²) in [7, 11) is 0. The van der Waals surface area contributed by atoms with Gasteiger partial charge in [-0.2, -0.15) is 8.78 Å². The monoisotopic (exact) mass is 392 g/mol. The van der Waals surface area contributed by atoms with Crippen molar-refractivity contribution in [2.24, 2.45) is 0 Å². The van der Waals surface area contributed by atoms with Crippen LogP contribution >= 0.6 is 0 Å². The normalized spacial score (nSPS) is 14.6. The van der Waals surface area contributed by atoms with Gasteiger partial charge in [-0.15, -0.1) is 0 Å². The Morgan fingerprint density at radius 3 is 2.61 bits per heavy atom. The first-order chi connectivity index (χ1) is 13.5. The first kappa shape index (κ1) is 19.8. The van der Waals surface area contributed by atoms with Crippen LogP contribution in [0, 0.1) is 10.1 Å². The lowest BCUT2D eigenvalue weighted by atomic mass is 10.2. The molecule has 3 rings (SSSR count). The van der Waals surface area contributed by atoms with Gasteiger partial charge in [0.1, 0.15) is 5.82 Å². The average molecular weight is 392 g/mol. The molecule has 1 aromatic heterocycles. The van der Waals surface area contributed by atoms with Gasteiger partial charge >= 0.3 is 12.3 Å². The van der Waals surface area contributed by atoms with Gasteiger partial charge in [-0.1, -0.05) is 12.8 Å². The second kappa shape index (κ2) is 9.29. The topological polar surface area (TPSA) is 80.5 Å². The number of ether oxygens (including phenoxy) is 1. The van der Waals surface area contributed by atoms with Gasteiger partial charge in [0.05, 0.1) is 4.92 Å². The molecule has 7 nitrogen and oxygen atoms in total. The SMILES string of the molecule is O=[N+]([O-])c1ccc(NCc2ccnc(N3CCCCCC3)c2)cc1OC(F)F. The Kier molecular flexibility index (Phi) is 6.57. The van der Waals surface area contributed by atoms with E-state index in [0.717, 1.165) is 43.4 Å². The predicted molar refractivity (Wildman–Crippen MR) is 102 cm³/mol. The molecule has 0 amide bonds. The largest absolute Gasteiger partial charge is 0.427 e. The van der Waals surface area contributed by atoms with Crippen molar-refractivity contribution in [2.75, 3.05) is 23.3 Å². The summed E-state index contributed by atoms with van der Waals surface area (Å²) in [4.78, 5) is 16.9. The molecule has 1 aliphatic heterocycles. The van der Waals surface area contributed by atoms with Gasteiger partial charge in [0.15, 0.2) is 0 Å². The number of benzene rings is 1. The fourth-order valence-corrected chi connectivity index (χ4v) is 3.21. The number of hydrogen-bond acceptors (Lipinski definition) is 6. The van der Waals surface area contributed by atoms with Gasteiger partial charge in [-0.25, -0.2) is 4.98 Å². The van der Waals surface area contributed by atoms with Crippen LogP contribution in [0.1, 0.15) is 31.2 Å². The molecule has 0 atom stereocenters. The van der Waals surface area contributed by atoms with Crippen LogP contribution in [0.3, 0.4) is 0 Å². The molecular weight excluding hydrogens is 370 g/mol. The zero-order chi connectivity index (χ0) is 19.9. The number of halogens is 2. The lowest BCUT2D eigenvalue weighted by Crippen LogP contribution is -2.25. The number of pyridine rings is 1. The highest BCUT2D eigenvalue weighted by Crippen LogP contribution is 2.31. The molecule has 2 aromatic rings. The van der Waals surface area contributed by atoms with E-state index in [1.807, 2.05) is 12.1 Å². The third-order valence-electron chi connectivity index (χ3n) is 4.61. The molecule has 1 N–H and O–H groups in total. The van der Waals surface area contributed by atoms with Gasteiger partial charge < -0.3 is 15.0 Å². The quantitative estimate of drug-likeness (QED) is 0.549. The number of nitrogens with zero attached hydrogens (tertiary/aromatic N) is 3. The van der Waals surface area contributed by atoms with Gasteiger partial charge in [-0.05, 0) is 36.6 Å². The number of nitrogens with one attached hydrogen (secondary N) is 1. The van der Waals surface area contributed by atoms with Crippen LogP contribution in [-0.4, -0.2) is 29.6 Å². The molecule has 0 spiro atoms. The van der Waals surface area contributed by atoms with Crippen molar-refractivity contribution in [1.29, 1.82) is 0 Å². The molecule has 1 saturated heterocycles. The maximum absolute atomic E-state index is 12.5. The number of hydrogen-bond donors (Lipinski definition) is 1. The van der Waals surface area contributed by atoms with Crippen molar-refractivity contribution < 1.29 is 18.4 Å². The summed E-state index contributed by atoms with van der Waals surface area (Å²) >= 11 is 0. The maximum atomic E-state index is 12.5. The third-order valence-corrected chi connectivity index (χ3v) is 4.61. The first-order valence-electron chi connectivity index (χ1n) is 9.20. The van der Waals surface area contributed by atoms with Crippen molar-refractivity contribution in [3.05, 3.63) is 52.2 Å². The Labute approximate surface area is 161 Å². The van der Waals surface area contributed by atoms with Crippen LogP contribution in [0.5, 0.6) is 5.75 Å². The summed E-state index contributed by atoms with van der Waals surface area (Å²) in [6.07, 6.45) is 6.53. The van der Waals surface area contributed by atoms with Crippen LogP contribution in [0.2, 0.25) is 0 Å². The molecule has 2 heterocycles. The summed E-state index contributed by atoms with van der Waals surface area (Å²) in [6.45, 7) is -0.735. The second-order valence-electron chi connectivity index (χ2n) is 6.60. The van der Waals surface area contributed by atoms with Crippen molar-refractivity contribution in [1.82, 2.24) is 4.98 Å². The van der Waals surface area contributed by atoms with E-state index in [4.69, 9.17) is 0 Å². The standard InChI is InChI=1S/C19H22F2N4O3/c20-19(21)28-17-12-15(5-6-16(17)25(26)27)23-13-14-7-8-22-18(11-14)24-9-3-1-2-4-10-24/h5-8,11-12,19,23H,1-4,9-10,13H2. The molecule has 1 aliphatic rings. The zero-order valence-electron chi connectivity index (χ0n) is 15.3. The van der Waals surface area contributed by atoms with E-state index in [-0.39, 0.29) is 0 Å². The van der Waals surface area contributed by atoms with E-state index in [9.17, 15) is 18.9 Å². The summed E-state index contributed by atoms with van der Waals surface area (Å²) < 4.78 is 29.3. The van der Waals surface area contributed by atoms with Crippen LogP contribution < -0.4 is 15.0 Å². The fraction of sp³-hybridized carbons (Fsp3) is 0.421. The molecule has 9 heteroatoms. The molecule has 0 aliphatic carbocycles. The van der Waals surface area contributed by atoms with E-state index in [1.165, 1.54) is 25.0 Å². The van der Waals surface area contributed by atoms with Gasteiger partial charge in [0, 0.05) is 43.7 Å². The Morgan fingerprint density at radius 1 is 1.18 bits per heavy atom. The minimum Gasteiger partial charge on any atom is -0.427 e. The Balaban J connectivity index is 1.69. The number of rotatable bonds is 7. The first-order valence-corrected chi connectivity index (χ1v) is 9.20. The summed E-state index contributed by atoms with van der Waals surface area (Å²) in [5, 5.41) is 14.0. The average Bonchev–Trinajstić information content (AvgIpc) is 2.95. The molecule has 1 aromatic carbocycles. The number of aromatic nitrogens is 1. The highest BCUT2D eigenvalue weighted by atomic mass is 19.3. The summed E-state index contributed by atoms with van der Waals surface area (Å²) in [6, 6.07) is 7.69. The lowest BCUT2D eigenvalue weighted by Gasteiger charge is -2.22. The Bertz CT molecular complexity index is 812. The van der Waals surface area contributed by atoms with Crippen LogP contribution in [0.15, 0.2) is 36.5 Å². The van der Waals surface area contributed by atoms with E-state index < -0.39 is 23.0 Å². The molecule has 1 fully saturated rings. The molecule has 0 bridgehead atoms. The van der Waals surface area contributed by atoms with E-state index in [2.05, 4.69) is 19.9 Å². The zero-order valence-corrected chi connectivity index (χ0v) is 15.3. The van der Waals surface area contributed by atoms with Crippen molar-refractivity contribution in [3.63, 3.8) is 0 Å². The van der Waals surface area contributed by atoms with Crippen LogP contribution in [-0.2, 0) is 6.54 Å². The number of nitro benzene ring substituents is 1. The number of nitro groups is 1. The maximum Gasteiger partial charge on any atom is 0.387 e. The molecule has 0 unspecified atom stereocenters. The van der Waals surface area contributed by atoms with Gasteiger partial charge in [0.2, 0.25) is 5.75 Å². The van der Waals surface area contributed by atoms with Gasteiger partial charge in [-0.3, -0.25) is 10.1 Å². The van der Waals surface area contributed by atoms with E-state index in [1.54, 1.807) is 6.20 Å². The molecule has 0 radical (unpaired) electrons. The van der Waals surface area contributed by atoms with Crippen molar-refractivity contribution >= 4 is 17.2 Å². The van der Waals surface area contributed by atoms with Crippen LogP contribution in [0.25, 0.3) is 0 Å². The minimum atomic E-state index is -3.13. The van der Waals surface area contributed by atoms with Crippen LogP contribution in [0.4, 0.5) is 26.0 Å². The number of alkyl halides is 2.